The number of aliphatic hydroxyl groups is 1. The Balaban J connectivity index is 2.72. The molecule has 0 saturated heterocycles. The van der Waals surface area contributed by atoms with Gasteiger partial charge in [0.15, 0.2) is 0 Å². The third-order valence-corrected chi connectivity index (χ3v) is 3.13. The summed E-state index contributed by atoms with van der Waals surface area (Å²) in [5.74, 6) is 0. The molecular formula is C15H11F6NO. The largest absolute Gasteiger partial charge is 0.433 e. The molecule has 1 aromatic carbocycles. The molecule has 23 heavy (non-hydrogen) atoms. The van der Waals surface area contributed by atoms with Crippen LogP contribution in [0.2, 0.25) is 0 Å². The van der Waals surface area contributed by atoms with Crippen LogP contribution in [0.25, 0.3) is 11.3 Å². The highest BCUT2D eigenvalue weighted by atomic mass is 19.4. The summed E-state index contributed by atoms with van der Waals surface area (Å²) in [6.45, 7) is 1.22. The number of hydrogen-bond donors (Lipinski definition) is 1. The quantitative estimate of drug-likeness (QED) is 0.797. The molecule has 1 atom stereocenters. The van der Waals surface area contributed by atoms with Crippen molar-refractivity contribution in [1.82, 2.24) is 4.98 Å². The van der Waals surface area contributed by atoms with Gasteiger partial charge < -0.3 is 5.11 Å². The van der Waals surface area contributed by atoms with Gasteiger partial charge in [0, 0.05) is 5.56 Å². The summed E-state index contributed by atoms with van der Waals surface area (Å²) < 4.78 is 77.8. The molecule has 1 unspecified atom stereocenters. The lowest BCUT2D eigenvalue weighted by atomic mass is 10.0. The van der Waals surface area contributed by atoms with E-state index < -0.39 is 41.0 Å². The average Bonchev–Trinajstić information content (AvgIpc) is 2.45. The molecule has 0 aliphatic carbocycles. The Kier molecular flexibility index (Phi) is 4.39. The first-order chi connectivity index (χ1) is 10.5. The van der Waals surface area contributed by atoms with Crippen LogP contribution in [0.5, 0.6) is 0 Å². The Hall–Kier alpha value is -2.09. The number of benzene rings is 1. The van der Waals surface area contributed by atoms with Gasteiger partial charge in [-0.15, -0.1) is 0 Å². The van der Waals surface area contributed by atoms with Gasteiger partial charge in [0.2, 0.25) is 0 Å². The molecular weight excluding hydrogens is 324 g/mol. The zero-order chi connectivity index (χ0) is 17.4. The molecule has 2 rings (SSSR count). The number of halogens is 6. The van der Waals surface area contributed by atoms with E-state index in [1.54, 1.807) is 0 Å². The SMILES string of the molecule is CC(O)c1cc(-c2ccccc2C(F)(F)F)nc(C(F)(F)F)c1. The fraction of sp³-hybridized carbons (Fsp3) is 0.267. The monoisotopic (exact) mass is 335 g/mol. The third kappa shape index (κ3) is 3.82. The zero-order valence-corrected chi connectivity index (χ0v) is 11.7. The van der Waals surface area contributed by atoms with Crippen LogP contribution in [0.15, 0.2) is 36.4 Å². The number of rotatable bonds is 2. The Morgan fingerprint density at radius 2 is 1.57 bits per heavy atom. The molecule has 1 aromatic heterocycles. The van der Waals surface area contributed by atoms with Crippen molar-refractivity contribution in [2.75, 3.05) is 0 Å². The van der Waals surface area contributed by atoms with E-state index in [0.29, 0.717) is 6.07 Å². The molecule has 8 heteroatoms. The lowest BCUT2D eigenvalue weighted by molar-refractivity contribution is -0.141. The summed E-state index contributed by atoms with van der Waals surface area (Å²) in [5.41, 5.74) is -3.60. The van der Waals surface area contributed by atoms with E-state index in [1.807, 2.05) is 0 Å². The molecule has 124 valence electrons. The van der Waals surface area contributed by atoms with Gasteiger partial charge in [-0.05, 0) is 30.7 Å². The van der Waals surface area contributed by atoms with Crippen LogP contribution in [-0.4, -0.2) is 10.1 Å². The van der Waals surface area contributed by atoms with Crippen molar-refractivity contribution in [3.05, 3.63) is 53.2 Å². The van der Waals surface area contributed by atoms with Crippen LogP contribution in [0.3, 0.4) is 0 Å². The highest BCUT2D eigenvalue weighted by Crippen LogP contribution is 2.38. The summed E-state index contributed by atoms with van der Waals surface area (Å²) >= 11 is 0. The van der Waals surface area contributed by atoms with Crippen LogP contribution >= 0.6 is 0 Å². The molecule has 2 nitrogen and oxygen atoms in total. The minimum Gasteiger partial charge on any atom is -0.389 e. The topological polar surface area (TPSA) is 33.1 Å². The summed E-state index contributed by atoms with van der Waals surface area (Å²) in [5, 5.41) is 9.50. The summed E-state index contributed by atoms with van der Waals surface area (Å²) in [7, 11) is 0. The summed E-state index contributed by atoms with van der Waals surface area (Å²) in [4.78, 5) is 3.30. The second-order valence-electron chi connectivity index (χ2n) is 4.89. The second kappa shape index (κ2) is 5.84. The van der Waals surface area contributed by atoms with Gasteiger partial charge in [-0.1, -0.05) is 18.2 Å². The first-order valence-electron chi connectivity index (χ1n) is 6.44. The minimum absolute atomic E-state index is 0.167. The normalized spacial score (nSPS) is 13.9. The highest BCUT2D eigenvalue weighted by Gasteiger charge is 2.36. The van der Waals surface area contributed by atoms with Crippen molar-refractivity contribution in [2.24, 2.45) is 0 Å². The molecule has 2 aromatic rings. The van der Waals surface area contributed by atoms with Crippen molar-refractivity contribution in [3.8, 4) is 11.3 Å². The molecule has 0 fully saturated rings. The maximum Gasteiger partial charge on any atom is 0.433 e. The molecule has 0 aliphatic rings. The smallest absolute Gasteiger partial charge is 0.389 e. The van der Waals surface area contributed by atoms with E-state index in [9.17, 15) is 31.4 Å². The molecule has 1 N–H and O–H groups in total. The number of nitrogens with zero attached hydrogens (tertiary/aromatic N) is 1. The zero-order valence-electron chi connectivity index (χ0n) is 11.7. The van der Waals surface area contributed by atoms with Gasteiger partial charge in [0.25, 0.3) is 0 Å². The third-order valence-electron chi connectivity index (χ3n) is 3.13. The van der Waals surface area contributed by atoms with Gasteiger partial charge in [-0.3, -0.25) is 0 Å². The van der Waals surface area contributed by atoms with Gasteiger partial charge in [0.1, 0.15) is 5.69 Å². The lowest BCUT2D eigenvalue weighted by Crippen LogP contribution is -2.12. The molecule has 0 saturated carbocycles. The van der Waals surface area contributed by atoms with E-state index in [-0.39, 0.29) is 5.56 Å². The maximum atomic E-state index is 13.0. The van der Waals surface area contributed by atoms with Crippen molar-refractivity contribution < 1.29 is 31.4 Å². The molecule has 1 heterocycles. The predicted octanol–water partition coefficient (Wildman–Crippen LogP) is 4.84. The van der Waals surface area contributed by atoms with E-state index >= 15 is 0 Å². The van der Waals surface area contributed by atoms with Crippen LogP contribution in [-0.2, 0) is 12.4 Å². The Morgan fingerprint density at radius 3 is 2.09 bits per heavy atom. The van der Waals surface area contributed by atoms with Crippen LogP contribution in [0.4, 0.5) is 26.3 Å². The van der Waals surface area contributed by atoms with E-state index in [2.05, 4.69) is 4.98 Å². The van der Waals surface area contributed by atoms with Crippen LogP contribution in [0, 0.1) is 0 Å². The minimum atomic E-state index is -4.84. The van der Waals surface area contributed by atoms with E-state index in [1.165, 1.54) is 13.0 Å². The van der Waals surface area contributed by atoms with Gasteiger partial charge in [-0.2, -0.15) is 26.3 Å². The molecule has 0 amide bonds. The second-order valence-corrected chi connectivity index (χ2v) is 4.89. The first-order valence-corrected chi connectivity index (χ1v) is 6.44. The fourth-order valence-corrected chi connectivity index (χ4v) is 2.03. The number of pyridine rings is 1. The molecule has 0 aliphatic heterocycles. The van der Waals surface area contributed by atoms with E-state index in [4.69, 9.17) is 0 Å². The summed E-state index contributed by atoms with van der Waals surface area (Å²) in [6.07, 6.45) is -10.9. The van der Waals surface area contributed by atoms with Crippen LogP contribution in [0.1, 0.15) is 29.8 Å². The molecule has 0 radical (unpaired) electrons. The molecule has 0 spiro atoms. The van der Waals surface area contributed by atoms with Gasteiger partial charge in [-0.25, -0.2) is 4.98 Å². The number of aromatic nitrogens is 1. The van der Waals surface area contributed by atoms with E-state index in [0.717, 1.165) is 24.3 Å². The van der Waals surface area contributed by atoms with Crippen molar-refractivity contribution in [3.63, 3.8) is 0 Å². The van der Waals surface area contributed by atoms with Gasteiger partial charge in [0.05, 0.1) is 17.4 Å². The van der Waals surface area contributed by atoms with Crippen molar-refractivity contribution in [2.45, 2.75) is 25.4 Å². The first kappa shape index (κ1) is 17.3. The maximum absolute atomic E-state index is 13.0. The Labute approximate surface area is 127 Å². The predicted molar refractivity (Wildman–Crippen MR) is 70.3 cm³/mol. The van der Waals surface area contributed by atoms with Gasteiger partial charge >= 0.3 is 12.4 Å². The number of alkyl halides is 6. The lowest BCUT2D eigenvalue weighted by Gasteiger charge is -2.16. The number of hydrogen-bond acceptors (Lipinski definition) is 2. The Morgan fingerprint density at radius 1 is 0.957 bits per heavy atom. The Bertz CT molecular complexity index is 706. The summed E-state index contributed by atoms with van der Waals surface area (Å²) in [6, 6.07) is 5.84. The van der Waals surface area contributed by atoms with Crippen molar-refractivity contribution >= 4 is 0 Å². The van der Waals surface area contributed by atoms with Crippen LogP contribution < -0.4 is 0 Å². The average molecular weight is 335 g/mol. The fourth-order valence-electron chi connectivity index (χ4n) is 2.03. The highest BCUT2D eigenvalue weighted by molar-refractivity contribution is 5.65. The molecule has 0 bridgehead atoms. The van der Waals surface area contributed by atoms with Crippen molar-refractivity contribution in [1.29, 1.82) is 0 Å². The standard InChI is InChI=1S/C15H11F6NO/c1-8(23)9-6-12(22-13(7-9)15(19,20)21)10-4-2-3-5-11(10)14(16,17)18/h2-8,23H,1H3. The number of aliphatic hydroxyl groups excluding tert-OH is 1.